The lowest BCUT2D eigenvalue weighted by atomic mass is 9.87. The molecule has 2 aliphatic heterocycles. The van der Waals surface area contributed by atoms with Gasteiger partial charge in [-0.1, -0.05) is 30.3 Å². The molecule has 1 saturated heterocycles. The van der Waals surface area contributed by atoms with Gasteiger partial charge in [0.2, 0.25) is 0 Å². The highest BCUT2D eigenvalue weighted by atomic mass is 19.1. The number of nitrogens with one attached hydrogen (secondary N) is 1. The number of alkyl halides is 1. The number of hydrogen-bond donors (Lipinski definition) is 1. The van der Waals surface area contributed by atoms with Crippen LogP contribution in [0.5, 0.6) is 5.75 Å². The Balaban J connectivity index is 1.46. The topological polar surface area (TPSA) is 31.5 Å². The zero-order chi connectivity index (χ0) is 23.3. The average molecular weight is 450 g/mol. The summed E-state index contributed by atoms with van der Waals surface area (Å²) in [5.74, 6) is 0.908. The lowest BCUT2D eigenvalue weighted by Crippen LogP contribution is -2.56. The van der Waals surface area contributed by atoms with Crippen molar-refractivity contribution in [2.45, 2.75) is 70.9 Å². The van der Waals surface area contributed by atoms with E-state index in [0.717, 1.165) is 30.8 Å². The minimum atomic E-state index is -1.27. The maximum Gasteiger partial charge on any atom is 0.124 e. The van der Waals surface area contributed by atoms with Gasteiger partial charge in [-0.2, -0.15) is 0 Å². The highest BCUT2D eigenvalue weighted by molar-refractivity contribution is 5.85. The van der Waals surface area contributed by atoms with Gasteiger partial charge in [-0.25, -0.2) is 4.39 Å². The molecule has 1 N–H and O–H groups in total. The minimum Gasteiger partial charge on any atom is -0.488 e. The van der Waals surface area contributed by atoms with Crippen LogP contribution in [0, 0.1) is 0 Å². The van der Waals surface area contributed by atoms with Crippen molar-refractivity contribution in [3.05, 3.63) is 65.4 Å². The Morgan fingerprint density at radius 2 is 1.79 bits per heavy atom. The number of nitrogens with zero attached hydrogens (tertiary/aromatic N) is 2. The first kappa shape index (κ1) is 22.4. The van der Waals surface area contributed by atoms with Crippen LogP contribution in [0.2, 0.25) is 0 Å². The third kappa shape index (κ3) is 4.41. The minimum absolute atomic E-state index is 0.0136. The summed E-state index contributed by atoms with van der Waals surface area (Å²) in [5, 5.41) is 1.28. The van der Waals surface area contributed by atoms with Crippen molar-refractivity contribution >= 4 is 10.9 Å². The Morgan fingerprint density at radius 1 is 1.09 bits per heavy atom. The third-order valence-electron chi connectivity index (χ3n) is 7.18. The number of benzene rings is 2. The number of likely N-dealkylation sites (tertiary alicyclic amines) is 1. The fourth-order valence-corrected chi connectivity index (χ4v) is 5.43. The fourth-order valence-electron chi connectivity index (χ4n) is 5.43. The van der Waals surface area contributed by atoms with E-state index in [4.69, 9.17) is 4.74 Å². The first-order valence-electron chi connectivity index (χ1n) is 12.2. The van der Waals surface area contributed by atoms with Gasteiger partial charge in [0.25, 0.3) is 0 Å². The molecule has 33 heavy (non-hydrogen) atoms. The van der Waals surface area contributed by atoms with Gasteiger partial charge >= 0.3 is 0 Å². The highest BCUT2D eigenvalue weighted by Gasteiger charge is 2.38. The Morgan fingerprint density at radius 3 is 2.45 bits per heavy atom. The van der Waals surface area contributed by atoms with Gasteiger partial charge in [-0.3, -0.25) is 9.80 Å². The molecule has 0 unspecified atom stereocenters. The van der Waals surface area contributed by atoms with E-state index in [-0.39, 0.29) is 18.2 Å². The number of halogens is 1. The van der Waals surface area contributed by atoms with Crippen LogP contribution in [0.1, 0.15) is 57.5 Å². The van der Waals surface area contributed by atoms with E-state index < -0.39 is 5.67 Å². The number of para-hydroxylation sites is 1. The molecule has 5 heteroatoms. The van der Waals surface area contributed by atoms with Crippen LogP contribution in [0.4, 0.5) is 4.39 Å². The summed E-state index contributed by atoms with van der Waals surface area (Å²) in [6.45, 7) is 12.4. The molecule has 2 aromatic carbocycles. The number of H-pyrrole nitrogens is 1. The maximum atomic E-state index is 14.9. The zero-order valence-electron chi connectivity index (χ0n) is 20.4. The summed E-state index contributed by atoms with van der Waals surface area (Å²) >= 11 is 0. The van der Waals surface area contributed by atoms with Crippen molar-refractivity contribution in [3.63, 3.8) is 0 Å². The van der Waals surface area contributed by atoms with Crippen molar-refractivity contribution in [2.24, 2.45) is 0 Å². The SMILES string of the molecule is CC(C)N1CC(Oc2ccc([C@@H]3c4[nH]c5ccccc5c4C[C@@H](C)N3CC(C)(C)F)cc2)C1. The Labute approximate surface area is 196 Å². The van der Waals surface area contributed by atoms with Crippen molar-refractivity contribution in [2.75, 3.05) is 19.6 Å². The Kier molecular flexibility index (Phi) is 5.74. The van der Waals surface area contributed by atoms with Crippen molar-refractivity contribution in [1.82, 2.24) is 14.8 Å². The van der Waals surface area contributed by atoms with Crippen LogP contribution in [0.25, 0.3) is 10.9 Å². The van der Waals surface area contributed by atoms with Crippen LogP contribution < -0.4 is 4.74 Å². The van der Waals surface area contributed by atoms with Crippen LogP contribution in [0.15, 0.2) is 48.5 Å². The predicted octanol–water partition coefficient (Wildman–Crippen LogP) is 5.72. The quantitative estimate of drug-likeness (QED) is 0.522. The lowest BCUT2D eigenvalue weighted by Gasteiger charge is -2.43. The molecule has 2 atom stereocenters. The molecular weight excluding hydrogens is 413 g/mol. The van der Waals surface area contributed by atoms with Crippen molar-refractivity contribution in [1.29, 1.82) is 0 Å². The normalized spacial score (nSPS) is 22.5. The van der Waals surface area contributed by atoms with E-state index in [0.29, 0.717) is 12.6 Å². The number of aromatic amines is 1. The molecule has 5 rings (SSSR count). The molecule has 0 aliphatic carbocycles. The molecule has 0 saturated carbocycles. The van der Waals surface area contributed by atoms with E-state index in [1.54, 1.807) is 13.8 Å². The number of fused-ring (bicyclic) bond motifs is 3. The summed E-state index contributed by atoms with van der Waals surface area (Å²) in [6.07, 6.45) is 1.18. The average Bonchev–Trinajstić information content (AvgIpc) is 3.08. The number of hydrogen-bond acceptors (Lipinski definition) is 3. The summed E-state index contributed by atoms with van der Waals surface area (Å²) in [5.41, 5.74) is 3.61. The van der Waals surface area contributed by atoms with Crippen LogP contribution in [-0.4, -0.2) is 58.3 Å². The third-order valence-corrected chi connectivity index (χ3v) is 7.18. The van der Waals surface area contributed by atoms with Crippen LogP contribution >= 0.6 is 0 Å². The van der Waals surface area contributed by atoms with Crippen molar-refractivity contribution < 1.29 is 9.13 Å². The largest absolute Gasteiger partial charge is 0.488 e. The maximum absolute atomic E-state index is 14.9. The molecule has 0 radical (unpaired) electrons. The van der Waals surface area contributed by atoms with Gasteiger partial charge in [0.05, 0.1) is 6.04 Å². The molecule has 1 aromatic heterocycles. The van der Waals surface area contributed by atoms with E-state index in [2.05, 4.69) is 84.1 Å². The van der Waals surface area contributed by atoms with Gasteiger partial charge in [0, 0.05) is 48.3 Å². The van der Waals surface area contributed by atoms with E-state index in [1.807, 2.05) is 0 Å². The summed E-state index contributed by atoms with van der Waals surface area (Å²) in [4.78, 5) is 8.41. The summed E-state index contributed by atoms with van der Waals surface area (Å²) in [7, 11) is 0. The van der Waals surface area contributed by atoms with Gasteiger partial charge < -0.3 is 9.72 Å². The van der Waals surface area contributed by atoms with E-state index >= 15 is 0 Å². The van der Waals surface area contributed by atoms with E-state index in [1.165, 1.54) is 22.2 Å². The molecule has 0 amide bonds. The van der Waals surface area contributed by atoms with Gasteiger partial charge in [0.1, 0.15) is 17.5 Å². The van der Waals surface area contributed by atoms with Crippen molar-refractivity contribution in [3.8, 4) is 5.75 Å². The zero-order valence-corrected chi connectivity index (χ0v) is 20.4. The number of ether oxygens (including phenoxy) is 1. The fraction of sp³-hybridized carbons (Fsp3) is 0.500. The second kappa shape index (κ2) is 8.44. The monoisotopic (exact) mass is 449 g/mol. The first-order chi connectivity index (χ1) is 15.7. The summed E-state index contributed by atoms with van der Waals surface area (Å²) < 4.78 is 21.1. The van der Waals surface area contributed by atoms with Gasteiger partial charge in [0.15, 0.2) is 0 Å². The highest BCUT2D eigenvalue weighted by Crippen LogP contribution is 2.42. The number of aromatic nitrogens is 1. The number of rotatable bonds is 6. The standard InChI is InChI=1S/C28H36FN3O/c1-18(2)31-15-22(16-31)33-21-12-10-20(11-13-21)27-26-24(23-8-6-7-9-25(23)30-26)14-19(3)32(27)17-28(4,5)29/h6-13,18-19,22,27,30H,14-17H2,1-5H3/t19-,27-/m1/s1. The molecule has 0 spiro atoms. The van der Waals surface area contributed by atoms with E-state index in [9.17, 15) is 4.39 Å². The van der Waals surface area contributed by atoms with Gasteiger partial charge in [-0.05, 0) is 70.4 Å². The Hall–Kier alpha value is -2.37. The molecule has 2 aliphatic rings. The first-order valence-corrected chi connectivity index (χ1v) is 12.2. The second-order valence-corrected chi connectivity index (χ2v) is 10.8. The van der Waals surface area contributed by atoms with Crippen LogP contribution in [0.3, 0.4) is 0 Å². The molecule has 1 fully saturated rings. The molecule has 0 bridgehead atoms. The Bertz CT molecular complexity index is 1110. The summed E-state index contributed by atoms with van der Waals surface area (Å²) in [6, 6.07) is 17.8. The second-order valence-electron chi connectivity index (χ2n) is 10.8. The molecule has 3 heterocycles. The smallest absolute Gasteiger partial charge is 0.124 e. The molecule has 4 nitrogen and oxygen atoms in total. The van der Waals surface area contributed by atoms with Crippen LogP contribution in [-0.2, 0) is 6.42 Å². The molecule has 3 aromatic rings. The molecular formula is C28H36FN3O. The predicted molar refractivity (Wildman–Crippen MR) is 133 cm³/mol. The van der Waals surface area contributed by atoms with Gasteiger partial charge in [-0.15, -0.1) is 0 Å². The molecule has 176 valence electrons. The lowest BCUT2D eigenvalue weighted by molar-refractivity contribution is 0.000116.